The van der Waals surface area contributed by atoms with Gasteiger partial charge in [0.1, 0.15) is 16.5 Å². The molecule has 1 aliphatic carbocycles. The predicted octanol–water partition coefficient (Wildman–Crippen LogP) is 4.28. The molecule has 0 N–H and O–H groups in total. The van der Waals surface area contributed by atoms with Crippen molar-refractivity contribution in [1.29, 1.82) is 0 Å². The Bertz CT molecular complexity index is 944. The molecule has 0 spiro atoms. The number of hydrogen-bond acceptors (Lipinski definition) is 4. The Hall–Kier alpha value is -1.63. The molecule has 1 aliphatic heterocycles. The molecule has 1 saturated heterocycles. The van der Waals surface area contributed by atoms with Gasteiger partial charge in [-0.1, -0.05) is 23.7 Å². The summed E-state index contributed by atoms with van der Waals surface area (Å²) in [5.74, 6) is 0.987. The molecule has 0 atom stereocenters. The molecule has 161 valence electrons. The Labute approximate surface area is 184 Å². The fourth-order valence-electron chi connectivity index (χ4n) is 4.77. The van der Waals surface area contributed by atoms with Crippen molar-refractivity contribution in [3.05, 3.63) is 70.3 Å². The van der Waals surface area contributed by atoms with Crippen LogP contribution in [0.25, 0.3) is 0 Å². The molecule has 1 radical (unpaired) electrons. The maximum atomic E-state index is 13.6. The first-order valence-electron chi connectivity index (χ1n) is 10.5. The fourth-order valence-corrected chi connectivity index (χ4v) is 5.49. The molecule has 0 unspecified atom stereocenters. The van der Waals surface area contributed by atoms with Crippen LogP contribution in [0.15, 0.2) is 42.5 Å². The third-order valence-corrected chi connectivity index (χ3v) is 7.14. The van der Waals surface area contributed by atoms with Gasteiger partial charge in [-0.15, -0.1) is 0 Å². The third-order valence-electron chi connectivity index (χ3n) is 6.30. The number of halogens is 2. The standard InChI is InChI=1S/C23H27ClFN2O2S/c24-20-3-1-2-18(14-20)17-4-7-22(8-5-17)26-10-12-27(13-11-26)23-9-6-21(25)15-19(23)16-30(28)29/h1-3,6,9,14-15,22,30H,4-5,7-8,10-13,16H2. The molecule has 0 bridgehead atoms. The van der Waals surface area contributed by atoms with Crippen LogP contribution < -0.4 is 4.90 Å². The lowest BCUT2D eigenvalue weighted by Crippen LogP contribution is -2.51. The highest BCUT2D eigenvalue weighted by atomic mass is 35.5. The lowest BCUT2D eigenvalue weighted by atomic mass is 9.81. The van der Waals surface area contributed by atoms with Gasteiger partial charge < -0.3 is 4.90 Å². The molecule has 2 fully saturated rings. The maximum Gasteiger partial charge on any atom is 0.144 e. The number of benzene rings is 2. The highest BCUT2D eigenvalue weighted by Gasteiger charge is 2.29. The number of piperazine rings is 1. The molecule has 0 aromatic heterocycles. The Morgan fingerprint density at radius 3 is 2.40 bits per heavy atom. The molecule has 1 saturated carbocycles. The van der Waals surface area contributed by atoms with E-state index < -0.39 is 16.5 Å². The van der Waals surface area contributed by atoms with E-state index >= 15 is 0 Å². The third kappa shape index (κ3) is 5.16. The summed E-state index contributed by atoms with van der Waals surface area (Å²) in [4.78, 5) is 4.75. The normalized spacial score (nSPS) is 19.5. The van der Waals surface area contributed by atoms with E-state index in [9.17, 15) is 12.8 Å². The maximum absolute atomic E-state index is 13.6. The van der Waals surface area contributed by atoms with Crippen LogP contribution in [0.2, 0.25) is 5.02 Å². The average Bonchev–Trinajstić information content (AvgIpc) is 2.74. The highest BCUT2D eigenvalue weighted by molar-refractivity contribution is 7.71. The quantitative estimate of drug-likeness (QED) is 0.692. The summed E-state index contributed by atoms with van der Waals surface area (Å²) in [6, 6.07) is 13.2. The Morgan fingerprint density at radius 2 is 1.73 bits per heavy atom. The highest BCUT2D eigenvalue weighted by Crippen LogP contribution is 2.35. The first kappa shape index (κ1) is 21.6. The summed E-state index contributed by atoms with van der Waals surface area (Å²) in [5.41, 5.74) is 2.67. The Morgan fingerprint density at radius 1 is 1.00 bits per heavy atom. The first-order valence-corrected chi connectivity index (χ1v) is 12.2. The minimum atomic E-state index is -2.59. The van der Waals surface area contributed by atoms with E-state index in [0.29, 0.717) is 11.6 Å². The summed E-state index contributed by atoms with van der Waals surface area (Å²) in [6.07, 6.45) is 4.51. The van der Waals surface area contributed by atoms with Crippen LogP contribution in [0.1, 0.15) is 36.8 Å². The molecular formula is C23H27ClFN2O2S. The zero-order valence-corrected chi connectivity index (χ0v) is 18.5. The van der Waals surface area contributed by atoms with Crippen LogP contribution in [0.5, 0.6) is 0 Å². The van der Waals surface area contributed by atoms with Gasteiger partial charge in [-0.2, -0.15) is 0 Å². The van der Waals surface area contributed by atoms with Crippen LogP contribution in [-0.4, -0.2) is 45.5 Å². The first-order chi connectivity index (χ1) is 14.5. The molecule has 1 heterocycles. The van der Waals surface area contributed by atoms with Crippen molar-refractivity contribution in [3.63, 3.8) is 0 Å². The summed E-state index contributed by atoms with van der Waals surface area (Å²) in [6.45, 7) is 3.54. The predicted molar refractivity (Wildman–Crippen MR) is 120 cm³/mol. The van der Waals surface area contributed by atoms with Gasteiger partial charge in [0.25, 0.3) is 0 Å². The summed E-state index contributed by atoms with van der Waals surface area (Å²) in [7, 11) is -2.59. The molecule has 2 aromatic rings. The van der Waals surface area contributed by atoms with Crippen molar-refractivity contribution < 1.29 is 12.8 Å². The van der Waals surface area contributed by atoms with Crippen LogP contribution >= 0.6 is 11.6 Å². The summed E-state index contributed by atoms with van der Waals surface area (Å²) in [5, 5.41) is 0.792. The van der Waals surface area contributed by atoms with E-state index in [1.54, 1.807) is 6.07 Å². The largest absolute Gasteiger partial charge is 0.369 e. The topological polar surface area (TPSA) is 40.6 Å². The Balaban J connectivity index is 1.33. The molecule has 4 nitrogen and oxygen atoms in total. The van der Waals surface area contributed by atoms with Crippen molar-refractivity contribution >= 4 is 28.0 Å². The van der Waals surface area contributed by atoms with Gasteiger partial charge in [-0.3, -0.25) is 4.90 Å². The van der Waals surface area contributed by atoms with E-state index in [-0.39, 0.29) is 5.75 Å². The smallest absolute Gasteiger partial charge is 0.144 e. The molecule has 7 heteroatoms. The monoisotopic (exact) mass is 449 g/mol. The van der Waals surface area contributed by atoms with Crippen molar-refractivity contribution in [2.45, 2.75) is 37.5 Å². The minimum absolute atomic E-state index is 0.118. The molecule has 2 aromatic carbocycles. The van der Waals surface area contributed by atoms with E-state index in [2.05, 4.69) is 21.9 Å². The van der Waals surface area contributed by atoms with Crippen molar-refractivity contribution in [1.82, 2.24) is 4.90 Å². The van der Waals surface area contributed by atoms with Crippen molar-refractivity contribution in [2.24, 2.45) is 0 Å². The molecule has 0 amide bonds. The van der Waals surface area contributed by atoms with Crippen LogP contribution in [0, 0.1) is 11.7 Å². The zero-order valence-electron chi connectivity index (χ0n) is 16.9. The Kier molecular flexibility index (Phi) is 6.96. The van der Waals surface area contributed by atoms with Gasteiger partial charge in [0.15, 0.2) is 0 Å². The zero-order chi connectivity index (χ0) is 21.1. The second-order valence-electron chi connectivity index (χ2n) is 8.13. The number of hydrogen-bond donors (Lipinski definition) is 1. The second-order valence-corrected chi connectivity index (χ2v) is 9.55. The lowest BCUT2D eigenvalue weighted by molar-refractivity contribution is 0.154. The number of rotatable bonds is 5. The lowest BCUT2D eigenvalue weighted by Gasteiger charge is -2.43. The van der Waals surface area contributed by atoms with Gasteiger partial charge in [0.05, 0.1) is 5.75 Å². The molecule has 2 aliphatic rings. The summed E-state index contributed by atoms with van der Waals surface area (Å²) < 4.78 is 36.0. The van der Waals surface area contributed by atoms with Gasteiger partial charge >= 0.3 is 0 Å². The minimum Gasteiger partial charge on any atom is -0.369 e. The van der Waals surface area contributed by atoms with Crippen LogP contribution in [0.4, 0.5) is 10.1 Å². The van der Waals surface area contributed by atoms with E-state index in [0.717, 1.165) is 62.6 Å². The van der Waals surface area contributed by atoms with E-state index in [4.69, 9.17) is 11.6 Å². The van der Waals surface area contributed by atoms with Gasteiger partial charge in [0.2, 0.25) is 0 Å². The summed E-state index contributed by atoms with van der Waals surface area (Å²) >= 11 is 6.15. The fraction of sp³-hybridized carbons (Fsp3) is 0.435. The van der Waals surface area contributed by atoms with E-state index in [1.807, 2.05) is 12.1 Å². The average molecular weight is 450 g/mol. The number of thiol groups is 1. The van der Waals surface area contributed by atoms with Gasteiger partial charge in [-0.05, 0) is 67.1 Å². The van der Waals surface area contributed by atoms with Crippen LogP contribution in [0.3, 0.4) is 0 Å². The van der Waals surface area contributed by atoms with Crippen LogP contribution in [-0.2, 0) is 16.5 Å². The number of nitrogens with zero attached hydrogens (tertiary/aromatic N) is 2. The molecule has 4 rings (SSSR count). The van der Waals surface area contributed by atoms with Crippen molar-refractivity contribution in [3.8, 4) is 0 Å². The van der Waals surface area contributed by atoms with Gasteiger partial charge in [0, 0.05) is 48.8 Å². The second kappa shape index (κ2) is 9.67. The van der Waals surface area contributed by atoms with Gasteiger partial charge in [-0.25, -0.2) is 12.8 Å². The molecular weight excluding hydrogens is 423 g/mol. The SMILES string of the molecule is O=[SH](=O)Cc1cc(F)ccc1N1CCN(C2CC[C](c3cccc(Cl)c3)CC2)CC1. The van der Waals surface area contributed by atoms with Crippen molar-refractivity contribution in [2.75, 3.05) is 31.1 Å². The van der Waals surface area contributed by atoms with E-state index in [1.165, 1.54) is 23.6 Å². The molecule has 30 heavy (non-hydrogen) atoms. The number of anilines is 1.